The van der Waals surface area contributed by atoms with E-state index in [0.29, 0.717) is 5.75 Å². The minimum Gasteiger partial charge on any atom is -0.508 e. The van der Waals surface area contributed by atoms with Crippen molar-refractivity contribution >= 4 is 51.3 Å². The summed E-state index contributed by atoms with van der Waals surface area (Å²) < 4.78 is 1.01. The predicted molar refractivity (Wildman–Crippen MR) is 126 cm³/mol. The van der Waals surface area contributed by atoms with Crippen LogP contribution in [0.2, 0.25) is 0 Å². The number of carboxylic acid groups (broad SMARTS) is 1. The predicted octanol–water partition coefficient (Wildman–Crippen LogP) is 4.02. The lowest BCUT2D eigenvalue weighted by atomic mass is 9.87. The quantitative estimate of drug-likeness (QED) is 0.315. The van der Waals surface area contributed by atoms with Crippen molar-refractivity contribution in [2.24, 2.45) is 5.92 Å². The van der Waals surface area contributed by atoms with Crippen LogP contribution >= 0.6 is 28.6 Å². The molecule has 2 aromatic carbocycles. The fraction of sp³-hybridized carbons (Fsp3) is 0.304. The van der Waals surface area contributed by atoms with Gasteiger partial charge in [0, 0.05) is 33.7 Å². The lowest BCUT2D eigenvalue weighted by Crippen LogP contribution is -2.46. The van der Waals surface area contributed by atoms with Gasteiger partial charge in [-0.3, -0.25) is 4.79 Å². The van der Waals surface area contributed by atoms with Crippen LogP contribution in [-0.4, -0.2) is 38.9 Å². The van der Waals surface area contributed by atoms with Crippen molar-refractivity contribution in [1.29, 1.82) is 0 Å². The molecule has 1 aromatic heterocycles. The first kappa shape index (κ1) is 21.8. The fourth-order valence-corrected chi connectivity index (χ4v) is 5.29. The van der Waals surface area contributed by atoms with Crippen molar-refractivity contribution in [3.8, 4) is 5.75 Å². The number of fused-ring (bicyclic) bond motifs is 2. The number of halogens is 1. The molecular weight excluding hydrogens is 480 g/mol. The monoisotopic (exact) mass is 502 g/mol. The van der Waals surface area contributed by atoms with Crippen LogP contribution in [0.25, 0.3) is 10.9 Å². The van der Waals surface area contributed by atoms with Crippen LogP contribution in [0.3, 0.4) is 0 Å². The van der Waals surface area contributed by atoms with E-state index in [1.807, 2.05) is 12.1 Å². The third kappa shape index (κ3) is 4.45. The normalized spacial score (nSPS) is 17.3. The molecule has 0 aliphatic heterocycles. The van der Waals surface area contributed by atoms with E-state index in [1.165, 1.54) is 5.56 Å². The molecule has 0 fully saturated rings. The first-order valence-electron chi connectivity index (χ1n) is 10.1. The minimum absolute atomic E-state index is 0.0140. The molecule has 3 atom stereocenters. The second-order valence-electron chi connectivity index (χ2n) is 7.92. The highest BCUT2D eigenvalue weighted by atomic mass is 79.9. The Hall–Kier alpha value is -2.45. The fourth-order valence-electron chi connectivity index (χ4n) is 4.46. The van der Waals surface area contributed by atoms with E-state index in [1.54, 1.807) is 24.4 Å². The van der Waals surface area contributed by atoms with E-state index in [9.17, 15) is 19.8 Å². The molecule has 0 radical (unpaired) electrons. The van der Waals surface area contributed by atoms with Gasteiger partial charge in [-0.2, -0.15) is 12.6 Å². The number of nitrogens with one attached hydrogen (secondary N) is 2. The van der Waals surface area contributed by atoms with E-state index in [0.717, 1.165) is 39.3 Å². The van der Waals surface area contributed by atoms with Crippen LogP contribution in [0.1, 0.15) is 29.0 Å². The topological polar surface area (TPSA) is 102 Å². The molecule has 31 heavy (non-hydrogen) atoms. The summed E-state index contributed by atoms with van der Waals surface area (Å²) in [5, 5.41) is 23.0. The summed E-state index contributed by atoms with van der Waals surface area (Å²) in [6.45, 7) is 0. The number of aryl methyl sites for hydroxylation is 1. The molecule has 1 amide bonds. The minimum atomic E-state index is -1.10. The van der Waals surface area contributed by atoms with Crippen LogP contribution in [-0.2, 0) is 22.4 Å². The summed E-state index contributed by atoms with van der Waals surface area (Å²) in [6.07, 6.45) is 3.55. The van der Waals surface area contributed by atoms with Gasteiger partial charge in [-0.1, -0.05) is 22.0 Å². The van der Waals surface area contributed by atoms with Gasteiger partial charge in [-0.05, 0) is 65.8 Å². The van der Waals surface area contributed by atoms with Gasteiger partial charge in [0.1, 0.15) is 11.8 Å². The second-order valence-corrected chi connectivity index (χ2v) is 9.21. The average molecular weight is 503 g/mol. The van der Waals surface area contributed by atoms with Crippen molar-refractivity contribution in [3.05, 3.63) is 63.8 Å². The van der Waals surface area contributed by atoms with Crippen molar-refractivity contribution in [3.63, 3.8) is 0 Å². The molecular formula is C23H23BrN2O4S. The van der Waals surface area contributed by atoms with E-state index >= 15 is 0 Å². The summed E-state index contributed by atoms with van der Waals surface area (Å²) >= 11 is 7.90. The molecule has 2 unspecified atom stereocenters. The van der Waals surface area contributed by atoms with Gasteiger partial charge in [-0.15, -0.1) is 0 Å². The van der Waals surface area contributed by atoms with Crippen molar-refractivity contribution in [2.45, 2.75) is 31.2 Å². The number of aromatic hydroxyl groups is 1. The summed E-state index contributed by atoms with van der Waals surface area (Å²) in [4.78, 5) is 28.1. The molecule has 162 valence electrons. The maximum absolute atomic E-state index is 13.1. The van der Waals surface area contributed by atoms with Crippen LogP contribution in [0.15, 0.2) is 47.1 Å². The Morgan fingerprint density at radius 1 is 1.26 bits per heavy atom. The molecule has 3 aromatic rings. The highest BCUT2D eigenvalue weighted by Crippen LogP contribution is 2.40. The lowest BCUT2D eigenvalue weighted by Gasteiger charge is -2.24. The number of amides is 1. The Bertz CT molecular complexity index is 1150. The van der Waals surface area contributed by atoms with Crippen molar-refractivity contribution in [1.82, 2.24) is 10.3 Å². The van der Waals surface area contributed by atoms with Crippen LogP contribution < -0.4 is 5.32 Å². The van der Waals surface area contributed by atoms with Gasteiger partial charge >= 0.3 is 5.97 Å². The van der Waals surface area contributed by atoms with Crippen molar-refractivity contribution < 1.29 is 19.8 Å². The number of H-pyrrole nitrogens is 1. The first-order valence-corrected chi connectivity index (χ1v) is 11.5. The Morgan fingerprint density at radius 2 is 2.06 bits per heavy atom. The number of aromatic nitrogens is 1. The van der Waals surface area contributed by atoms with Gasteiger partial charge in [-0.25, -0.2) is 4.79 Å². The number of carbonyl (C=O) groups excluding carboxylic acids is 1. The molecule has 0 saturated heterocycles. The smallest absolute Gasteiger partial charge is 0.326 e. The largest absolute Gasteiger partial charge is 0.508 e. The Morgan fingerprint density at radius 3 is 2.81 bits per heavy atom. The molecule has 1 heterocycles. The number of rotatable bonds is 7. The molecule has 8 heteroatoms. The van der Waals surface area contributed by atoms with Crippen LogP contribution in [0, 0.1) is 5.92 Å². The Balaban J connectivity index is 1.53. The number of phenolic OH excluding ortho intramolecular Hbond substituents is 1. The average Bonchev–Trinajstić information content (AvgIpc) is 3.32. The van der Waals surface area contributed by atoms with Gasteiger partial charge in [0.15, 0.2) is 0 Å². The zero-order valence-electron chi connectivity index (χ0n) is 16.6. The molecule has 4 N–H and O–H groups in total. The van der Waals surface area contributed by atoms with Crippen LogP contribution in [0.4, 0.5) is 0 Å². The Kier molecular flexibility index (Phi) is 6.29. The molecule has 4 rings (SSSR count). The number of aromatic amines is 1. The summed E-state index contributed by atoms with van der Waals surface area (Å²) in [5.41, 5.74) is 3.87. The number of hydrogen-bond donors (Lipinski definition) is 5. The molecule has 1 aliphatic carbocycles. The molecule has 6 nitrogen and oxygen atoms in total. The van der Waals surface area contributed by atoms with Gasteiger partial charge in [0.25, 0.3) is 0 Å². The molecule has 0 bridgehead atoms. The maximum atomic E-state index is 13.1. The zero-order valence-corrected chi connectivity index (χ0v) is 19.1. The third-order valence-electron chi connectivity index (χ3n) is 6.04. The number of thiol groups is 1. The number of hydrogen-bond acceptors (Lipinski definition) is 4. The van der Waals surface area contributed by atoms with Gasteiger partial charge < -0.3 is 20.5 Å². The van der Waals surface area contributed by atoms with Gasteiger partial charge in [0.05, 0.1) is 5.92 Å². The second kappa shape index (κ2) is 8.96. The zero-order chi connectivity index (χ0) is 22.1. The highest BCUT2D eigenvalue weighted by Gasteiger charge is 2.35. The molecule has 1 aliphatic rings. The van der Waals surface area contributed by atoms with Crippen molar-refractivity contribution in [2.75, 3.05) is 5.75 Å². The SMILES string of the molecule is O=C(N[C@@H](Cc1c[nH]c2ccc(O)cc12)C(=O)O)C(CS)C1CCc2cc(Br)ccc21. The lowest BCUT2D eigenvalue weighted by molar-refractivity contribution is -0.142. The van der Waals surface area contributed by atoms with E-state index in [2.05, 4.69) is 44.9 Å². The van der Waals surface area contributed by atoms with E-state index in [4.69, 9.17) is 0 Å². The Labute approximate surface area is 193 Å². The maximum Gasteiger partial charge on any atom is 0.326 e. The number of benzene rings is 2. The number of carbonyl (C=O) groups is 2. The molecule has 0 saturated carbocycles. The first-order chi connectivity index (χ1) is 14.9. The highest BCUT2D eigenvalue weighted by molar-refractivity contribution is 9.10. The summed E-state index contributed by atoms with van der Waals surface area (Å²) in [6, 6.07) is 9.89. The van der Waals surface area contributed by atoms with E-state index < -0.39 is 17.9 Å². The number of aliphatic carboxylic acids is 1. The summed E-state index contributed by atoms with van der Waals surface area (Å²) in [5.74, 6) is -1.37. The number of carboxylic acids is 1. The van der Waals surface area contributed by atoms with E-state index in [-0.39, 0.29) is 24.0 Å². The molecule has 0 spiro atoms. The standard InChI is InChI=1S/C23H23BrN2O4S/c24-14-2-5-16-12(7-14)1-4-17(16)19(11-31)22(28)26-21(23(29)30)8-13-10-25-20-6-3-15(27)9-18(13)20/h2-3,5-7,9-10,17,19,21,25,27,31H,1,4,8,11H2,(H,26,28)(H,29,30)/t17?,19?,21-/m0/s1. The summed E-state index contributed by atoms with van der Waals surface area (Å²) in [7, 11) is 0. The van der Waals surface area contributed by atoms with Gasteiger partial charge in [0.2, 0.25) is 5.91 Å². The number of phenols is 1. The van der Waals surface area contributed by atoms with Crippen LogP contribution in [0.5, 0.6) is 5.75 Å². The third-order valence-corrected chi connectivity index (χ3v) is 6.92.